The summed E-state index contributed by atoms with van der Waals surface area (Å²) in [6, 6.07) is 31.1. The van der Waals surface area contributed by atoms with Gasteiger partial charge in [-0.3, -0.25) is 0 Å². The molecule has 1 aliphatic carbocycles. The average Bonchev–Trinajstić information content (AvgIpc) is 2.96. The molecule has 1 fully saturated rings. The van der Waals surface area contributed by atoms with Gasteiger partial charge in [0.05, 0.1) is 6.10 Å². The molecule has 3 aromatic rings. The first-order valence-electron chi connectivity index (χ1n) is 13.3. The summed E-state index contributed by atoms with van der Waals surface area (Å²) >= 11 is 0. The standard InChI is InChI=1S/C34H38O2/c1-2-33(29(27-35)20-16-15-19-28-17-7-3-8-18-28)36-34(30-21-9-4-10-22-30,31-23-11-5-12-24-31)32-25-13-6-14-26-32/h2,4-6,9-14,21-26,28-29,33,35H,1,3,7-8,16-18,20,27H2/t29-,33-/m0/s1. The number of hydrogen-bond donors (Lipinski definition) is 1. The molecule has 0 aromatic heterocycles. The Bertz CT molecular complexity index is 1010. The fraction of sp³-hybridized carbons (Fsp3) is 0.353. The van der Waals surface area contributed by atoms with Crippen molar-refractivity contribution in [3.05, 3.63) is 120 Å². The molecule has 2 nitrogen and oxygen atoms in total. The number of aliphatic hydroxyl groups excluding tert-OH is 1. The van der Waals surface area contributed by atoms with Crippen LogP contribution in [-0.2, 0) is 10.3 Å². The van der Waals surface area contributed by atoms with Gasteiger partial charge in [-0.1, -0.05) is 122 Å². The first-order chi connectivity index (χ1) is 17.8. The highest BCUT2D eigenvalue weighted by Crippen LogP contribution is 2.42. The number of hydrogen-bond acceptors (Lipinski definition) is 2. The fourth-order valence-corrected chi connectivity index (χ4v) is 5.34. The van der Waals surface area contributed by atoms with Crippen LogP contribution in [0.2, 0.25) is 0 Å². The molecule has 0 bridgehead atoms. The predicted molar refractivity (Wildman–Crippen MR) is 148 cm³/mol. The van der Waals surface area contributed by atoms with E-state index in [9.17, 15) is 5.11 Å². The molecule has 1 N–H and O–H groups in total. The molecule has 1 saturated carbocycles. The minimum atomic E-state index is -0.843. The third-order valence-electron chi connectivity index (χ3n) is 7.34. The second kappa shape index (κ2) is 13.3. The van der Waals surface area contributed by atoms with Crippen LogP contribution in [0.15, 0.2) is 104 Å². The van der Waals surface area contributed by atoms with Crippen molar-refractivity contribution in [3.8, 4) is 11.8 Å². The van der Waals surface area contributed by atoms with E-state index in [1.807, 2.05) is 60.7 Å². The smallest absolute Gasteiger partial charge is 0.144 e. The third-order valence-corrected chi connectivity index (χ3v) is 7.34. The van der Waals surface area contributed by atoms with Gasteiger partial charge in [0.1, 0.15) is 5.60 Å². The summed E-state index contributed by atoms with van der Waals surface area (Å²) in [6.07, 6.45) is 9.40. The average molecular weight is 479 g/mol. The second-order valence-corrected chi connectivity index (χ2v) is 9.73. The van der Waals surface area contributed by atoms with Crippen molar-refractivity contribution in [1.82, 2.24) is 0 Å². The molecule has 4 rings (SSSR count). The van der Waals surface area contributed by atoms with Crippen LogP contribution in [0.3, 0.4) is 0 Å². The van der Waals surface area contributed by atoms with Crippen molar-refractivity contribution in [2.24, 2.45) is 11.8 Å². The van der Waals surface area contributed by atoms with Crippen LogP contribution in [-0.4, -0.2) is 17.8 Å². The Morgan fingerprint density at radius 1 is 0.833 bits per heavy atom. The summed E-state index contributed by atoms with van der Waals surface area (Å²) < 4.78 is 7.12. The van der Waals surface area contributed by atoms with Gasteiger partial charge in [0.25, 0.3) is 0 Å². The molecule has 0 heterocycles. The summed E-state index contributed by atoms with van der Waals surface area (Å²) in [6.45, 7) is 4.15. The molecule has 1 aliphatic rings. The van der Waals surface area contributed by atoms with Crippen LogP contribution in [0, 0.1) is 23.7 Å². The van der Waals surface area contributed by atoms with E-state index in [2.05, 4.69) is 54.8 Å². The van der Waals surface area contributed by atoms with Gasteiger partial charge in [-0.05, 0) is 36.0 Å². The molecule has 0 radical (unpaired) electrons. The van der Waals surface area contributed by atoms with Crippen molar-refractivity contribution in [2.75, 3.05) is 6.61 Å². The van der Waals surface area contributed by atoms with E-state index >= 15 is 0 Å². The van der Waals surface area contributed by atoms with E-state index in [4.69, 9.17) is 4.74 Å². The van der Waals surface area contributed by atoms with Gasteiger partial charge in [-0.2, -0.15) is 0 Å². The van der Waals surface area contributed by atoms with E-state index in [0.717, 1.165) is 29.5 Å². The van der Waals surface area contributed by atoms with E-state index in [1.54, 1.807) is 0 Å². The number of benzene rings is 3. The SMILES string of the molecule is C=C[C@H](OC(c1ccccc1)(c1ccccc1)c1ccccc1)[C@H](CO)CCC#CC1CCCCC1. The molecule has 0 spiro atoms. The van der Waals surface area contributed by atoms with Gasteiger partial charge in [0, 0.05) is 24.9 Å². The van der Waals surface area contributed by atoms with Crippen molar-refractivity contribution in [1.29, 1.82) is 0 Å². The largest absolute Gasteiger partial charge is 0.396 e. The number of aliphatic hydroxyl groups is 1. The quantitative estimate of drug-likeness (QED) is 0.185. The van der Waals surface area contributed by atoms with Crippen LogP contribution < -0.4 is 0 Å². The summed E-state index contributed by atoms with van der Waals surface area (Å²) in [4.78, 5) is 0. The Morgan fingerprint density at radius 3 is 1.78 bits per heavy atom. The number of ether oxygens (including phenoxy) is 1. The Hall–Kier alpha value is -3.12. The monoisotopic (exact) mass is 478 g/mol. The lowest BCUT2D eigenvalue weighted by Gasteiger charge is -2.40. The number of rotatable bonds is 10. The van der Waals surface area contributed by atoms with E-state index in [0.29, 0.717) is 5.92 Å². The molecule has 36 heavy (non-hydrogen) atoms. The summed E-state index contributed by atoms with van der Waals surface area (Å²) in [5.74, 6) is 7.33. The molecule has 2 atom stereocenters. The minimum Gasteiger partial charge on any atom is -0.396 e. The lowest BCUT2D eigenvalue weighted by Crippen LogP contribution is -2.39. The van der Waals surface area contributed by atoms with Gasteiger partial charge >= 0.3 is 0 Å². The molecule has 0 unspecified atom stereocenters. The zero-order chi connectivity index (χ0) is 25.1. The van der Waals surface area contributed by atoms with Crippen LogP contribution >= 0.6 is 0 Å². The van der Waals surface area contributed by atoms with Gasteiger partial charge in [0.2, 0.25) is 0 Å². The Labute approximate surface area is 217 Å². The van der Waals surface area contributed by atoms with E-state index < -0.39 is 5.60 Å². The Morgan fingerprint density at radius 2 is 1.33 bits per heavy atom. The molecular weight excluding hydrogens is 440 g/mol. The molecule has 0 aliphatic heterocycles. The molecule has 0 saturated heterocycles. The van der Waals surface area contributed by atoms with Gasteiger partial charge < -0.3 is 9.84 Å². The first-order valence-corrected chi connectivity index (χ1v) is 13.3. The normalized spacial score (nSPS) is 15.9. The maximum atomic E-state index is 10.4. The Balaban J connectivity index is 1.66. The zero-order valence-electron chi connectivity index (χ0n) is 21.2. The maximum Gasteiger partial charge on any atom is 0.144 e. The van der Waals surface area contributed by atoms with Crippen LogP contribution in [0.25, 0.3) is 0 Å². The van der Waals surface area contributed by atoms with Gasteiger partial charge in [-0.15, -0.1) is 12.5 Å². The van der Waals surface area contributed by atoms with Gasteiger partial charge in [0.15, 0.2) is 0 Å². The molecular formula is C34H38O2. The van der Waals surface area contributed by atoms with Crippen LogP contribution in [0.5, 0.6) is 0 Å². The second-order valence-electron chi connectivity index (χ2n) is 9.73. The lowest BCUT2D eigenvalue weighted by atomic mass is 9.79. The third kappa shape index (κ3) is 6.16. The highest BCUT2D eigenvalue weighted by atomic mass is 16.5. The first kappa shape index (κ1) is 26.0. The summed E-state index contributed by atoms with van der Waals surface area (Å²) in [5, 5.41) is 10.4. The summed E-state index contributed by atoms with van der Waals surface area (Å²) in [7, 11) is 0. The maximum absolute atomic E-state index is 10.4. The zero-order valence-corrected chi connectivity index (χ0v) is 21.2. The molecule has 3 aromatic carbocycles. The van der Waals surface area contributed by atoms with Crippen molar-refractivity contribution in [2.45, 2.75) is 56.7 Å². The Kier molecular flexibility index (Phi) is 9.56. The molecule has 2 heteroatoms. The summed E-state index contributed by atoms with van der Waals surface area (Å²) in [5.41, 5.74) is 2.29. The predicted octanol–water partition coefficient (Wildman–Crippen LogP) is 7.52. The van der Waals surface area contributed by atoms with E-state index in [1.165, 1.54) is 32.1 Å². The van der Waals surface area contributed by atoms with Crippen molar-refractivity contribution < 1.29 is 9.84 Å². The highest BCUT2D eigenvalue weighted by molar-refractivity contribution is 5.47. The lowest BCUT2D eigenvalue weighted by molar-refractivity contribution is -0.0610. The van der Waals surface area contributed by atoms with Gasteiger partial charge in [-0.25, -0.2) is 0 Å². The fourth-order valence-electron chi connectivity index (χ4n) is 5.34. The van der Waals surface area contributed by atoms with Crippen LogP contribution in [0.1, 0.15) is 61.6 Å². The highest BCUT2D eigenvalue weighted by Gasteiger charge is 2.40. The van der Waals surface area contributed by atoms with Crippen molar-refractivity contribution >= 4 is 0 Å². The van der Waals surface area contributed by atoms with Crippen LogP contribution in [0.4, 0.5) is 0 Å². The van der Waals surface area contributed by atoms with Crippen molar-refractivity contribution in [3.63, 3.8) is 0 Å². The van der Waals surface area contributed by atoms with E-state index in [-0.39, 0.29) is 18.6 Å². The topological polar surface area (TPSA) is 29.5 Å². The molecule has 0 amide bonds. The minimum absolute atomic E-state index is 0.0241. The molecule has 186 valence electrons.